The Hall–Kier alpha value is -2.74. The van der Waals surface area contributed by atoms with Gasteiger partial charge in [-0.2, -0.15) is 4.68 Å². The van der Waals surface area contributed by atoms with E-state index in [0.29, 0.717) is 11.3 Å². The van der Waals surface area contributed by atoms with E-state index in [0.717, 1.165) is 9.56 Å². The van der Waals surface area contributed by atoms with Crippen molar-refractivity contribution in [2.24, 2.45) is 0 Å². The Morgan fingerprint density at radius 3 is 2.96 bits per heavy atom. The fourth-order valence-corrected chi connectivity index (χ4v) is 2.69. The van der Waals surface area contributed by atoms with Crippen molar-refractivity contribution < 1.29 is 13.6 Å². The summed E-state index contributed by atoms with van der Waals surface area (Å²) in [4.78, 5) is 24.4. The summed E-state index contributed by atoms with van der Waals surface area (Å²) in [6.45, 7) is 1.72. The van der Waals surface area contributed by atoms with Crippen molar-refractivity contribution in [1.82, 2.24) is 9.78 Å². The predicted molar refractivity (Wildman–Crippen MR) is 88.5 cm³/mol. The fraction of sp³-hybridized carbons (Fsp3) is 0.188. The van der Waals surface area contributed by atoms with Crippen LogP contribution in [0.2, 0.25) is 0 Å². The normalized spacial score (nSPS) is 10.8. The lowest BCUT2D eigenvalue weighted by atomic mass is 10.2. The first kappa shape index (κ1) is 16.1. The maximum Gasteiger partial charge on any atom is 0.437 e. The monoisotopic (exact) mass is 347 g/mol. The van der Waals surface area contributed by atoms with Gasteiger partial charge in [0.15, 0.2) is 0 Å². The van der Waals surface area contributed by atoms with Gasteiger partial charge < -0.3 is 9.73 Å². The number of nitrogens with one attached hydrogen (secondary N) is 1. The van der Waals surface area contributed by atoms with Gasteiger partial charge in [-0.15, -0.1) is 16.4 Å². The van der Waals surface area contributed by atoms with Gasteiger partial charge in [-0.05, 0) is 36.1 Å². The van der Waals surface area contributed by atoms with Gasteiger partial charge in [-0.25, -0.2) is 9.18 Å². The van der Waals surface area contributed by atoms with Gasteiger partial charge in [0.05, 0.1) is 11.4 Å². The summed E-state index contributed by atoms with van der Waals surface area (Å²) < 4.78 is 19.6. The number of amides is 1. The Labute approximate surface area is 140 Å². The number of rotatable bonds is 5. The topological polar surface area (TPSA) is 77.1 Å². The van der Waals surface area contributed by atoms with Crippen LogP contribution in [0.4, 0.5) is 10.1 Å². The molecular weight excluding hydrogens is 333 g/mol. The van der Waals surface area contributed by atoms with Crippen LogP contribution in [0.15, 0.2) is 44.9 Å². The van der Waals surface area contributed by atoms with E-state index in [4.69, 9.17) is 4.42 Å². The Morgan fingerprint density at radius 1 is 1.42 bits per heavy atom. The summed E-state index contributed by atoms with van der Waals surface area (Å²) in [5, 5.41) is 8.50. The van der Waals surface area contributed by atoms with E-state index < -0.39 is 5.76 Å². The predicted octanol–water partition coefficient (Wildman–Crippen LogP) is 3.04. The van der Waals surface area contributed by atoms with Crippen LogP contribution in [0.1, 0.15) is 12.0 Å². The summed E-state index contributed by atoms with van der Waals surface area (Å²) in [6, 6.07) is 8.07. The van der Waals surface area contributed by atoms with E-state index in [-0.39, 0.29) is 30.6 Å². The lowest BCUT2D eigenvalue weighted by molar-refractivity contribution is -0.116. The minimum Gasteiger partial charge on any atom is -0.387 e. The molecule has 6 nitrogen and oxygen atoms in total. The Kier molecular flexibility index (Phi) is 4.57. The van der Waals surface area contributed by atoms with Gasteiger partial charge in [0, 0.05) is 12.1 Å². The quantitative estimate of drug-likeness (QED) is 0.769. The van der Waals surface area contributed by atoms with Crippen LogP contribution in [-0.2, 0) is 11.3 Å². The average Bonchev–Trinajstić information content (AvgIpc) is 3.18. The molecule has 0 atom stereocenters. The van der Waals surface area contributed by atoms with Crippen molar-refractivity contribution in [1.29, 1.82) is 0 Å². The number of hydrogen-bond donors (Lipinski definition) is 1. The summed E-state index contributed by atoms with van der Waals surface area (Å²) in [5.41, 5.74) is 0.873. The molecule has 0 saturated heterocycles. The van der Waals surface area contributed by atoms with E-state index in [9.17, 15) is 14.0 Å². The van der Waals surface area contributed by atoms with Crippen molar-refractivity contribution in [3.63, 3.8) is 0 Å². The number of anilines is 1. The molecule has 3 aromatic rings. The third-order valence-electron chi connectivity index (χ3n) is 3.34. The minimum atomic E-state index is -0.618. The Balaban J connectivity index is 1.62. The van der Waals surface area contributed by atoms with E-state index in [1.807, 2.05) is 11.4 Å². The molecule has 0 unspecified atom stereocenters. The molecule has 3 rings (SSSR count). The van der Waals surface area contributed by atoms with Crippen LogP contribution in [0.5, 0.6) is 0 Å². The van der Waals surface area contributed by atoms with Gasteiger partial charge >= 0.3 is 5.76 Å². The van der Waals surface area contributed by atoms with Crippen LogP contribution < -0.4 is 11.1 Å². The third kappa shape index (κ3) is 3.60. The lowest BCUT2D eigenvalue weighted by Gasteiger charge is -2.06. The number of nitrogens with zero attached hydrogens (tertiary/aromatic N) is 2. The van der Waals surface area contributed by atoms with Crippen molar-refractivity contribution in [2.45, 2.75) is 19.9 Å². The molecule has 124 valence electrons. The van der Waals surface area contributed by atoms with Crippen LogP contribution in [0.3, 0.4) is 0 Å². The number of benzene rings is 1. The molecule has 1 amide bonds. The first-order valence-corrected chi connectivity index (χ1v) is 8.09. The second-order valence-corrected chi connectivity index (χ2v) is 6.08. The van der Waals surface area contributed by atoms with Crippen molar-refractivity contribution in [3.8, 4) is 10.8 Å². The van der Waals surface area contributed by atoms with Gasteiger partial charge in [0.25, 0.3) is 5.89 Å². The van der Waals surface area contributed by atoms with Gasteiger partial charge in [-0.1, -0.05) is 12.1 Å². The summed E-state index contributed by atoms with van der Waals surface area (Å²) in [6.07, 6.45) is 0.0197. The molecule has 2 aromatic heterocycles. The molecule has 0 aliphatic rings. The minimum absolute atomic E-state index is 0.0197. The molecule has 8 heteroatoms. The van der Waals surface area contributed by atoms with Crippen LogP contribution in [-0.4, -0.2) is 15.7 Å². The summed E-state index contributed by atoms with van der Waals surface area (Å²) in [7, 11) is 0. The first-order valence-electron chi connectivity index (χ1n) is 7.21. The molecule has 0 saturated carbocycles. The van der Waals surface area contributed by atoms with Gasteiger partial charge in [0.1, 0.15) is 5.82 Å². The van der Waals surface area contributed by atoms with E-state index in [1.54, 1.807) is 25.1 Å². The molecule has 1 N–H and O–H groups in total. The van der Waals surface area contributed by atoms with E-state index in [1.165, 1.54) is 17.4 Å². The molecule has 0 radical (unpaired) electrons. The third-order valence-corrected chi connectivity index (χ3v) is 4.20. The zero-order valence-corrected chi connectivity index (χ0v) is 13.6. The van der Waals surface area contributed by atoms with Crippen molar-refractivity contribution in [2.75, 3.05) is 5.32 Å². The SMILES string of the molecule is Cc1ccc(NC(=O)CCn2nc(-c3cccs3)oc2=O)cc1F. The second-order valence-electron chi connectivity index (χ2n) is 5.14. The standard InChI is InChI=1S/C16H14FN3O3S/c1-10-4-5-11(9-12(10)17)18-14(21)6-7-20-16(22)23-15(19-20)13-3-2-8-24-13/h2-5,8-9H,6-7H2,1H3,(H,18,21). The number of aromatic nitrogens is 2. The molecule has 0 bridgehead atoms. The largest absolute Gasteiger partial charge is 0.437 e. The van der Waals surface area contributed by atoms with E-state index in [2.05, 4.69) is 10.4 Å². The van der Waals surface area contributed by atoms with Crippen LogP contribution >= 0.6 is 11.3 Å². The highest BCUT2D eigenvalue weighted by Gasteiger charge is 2.12. The Bertz CT molecular complexity index is 915. The molecule has 0 aliphatic carbocycles. The summed E-state index contributed by atoms with van der Waals surface area (Å²) in [5.74, 6) is -1.12. The molecule has 0 aliphatic heterocycles. The van der Waals surface area contributed by atoms with Crippen molar-refractivity contribution in [3.05, 3.63) is 57.6 Å². The molecule has 0 spiro atoms. The zero-order chi connectivity index (χ0) is 17.1. The van der Waals surface area contributed by atoms with Gasteiger partial charge in [-0.3, -0.25) is 4.79 Å². The second kappa shape index (κ2) is 6.79. The number of hydrogen-bond acceptors (Lipinski definition) is 5. The zero-order valence-electron chi connectivity index (χ0n) is 12.8. The number of carbonyl (C=O) groups is 1. The highest BCUT2D eigenvalue weighted by atomic mass is 32.1. The van der Waals surface area contributed by atoms with Crippen LogP contribution in [0.25, 0.3) is 10.8 Å². The average molecular weight is 347 g/mol. The van der Waals surface area contributed by atoms with E-state index >= 15 is 0 Å². The maximum absolute atomic E-state index is 13.5. The number of carbonyl (C=O) groups excluding carboxylic acids is 1. The molecule has 2 heterocycles. The maximum atomic E-state index is 13.5. The lowest BCUT2D eigenvalue weighted by Crippen LogP contribution is -2.21. The highest BCUT2D eigenvalue weighted by molar-refractivity contribution is 7.13. The summed E-state index contributed by atoms with van der Waals surface area (Å²) >= 11 is 1.40. The first-order chi connectivity index (χ1) is 11.5. The smallest absolute Gasteiger partial charge is 0.387 e. The van der Waals surface area contributed by atoms with Crippen LogP contribution in [0, 0.1) is 12.7 Å². The Morgan fingerprint density at radius 2 is 2.25 bits per heavy atom. The highest BCUT2D eigenvalue weighted by Crippen LogP contribution is 2.21. The van der Waals surface area contributed by atoms with Gasteiger partial charge in [0.2, 0.25) is 5.91 Å². The van der Waals surface area contributed by atoms with Crippen molar-refractivity contribution >= 4 is 22.9 Å². The molecular formula is C16H14FN3O3S. The fourth-order valence-electron chi connectivity index (χ4n) is 2.05. The number of halogens is 1. The number of aryl methyl sites for hydroxylation is 2. The molecule has 0 fully saturated rings. The number of thiophene rings is 1. The molecule has 24 heavy (non-hydrogen) atoms. The molecule has 1 aromatic carbocycles.